The van der Waals surface area contributed by atoms with E-state index in [0.717, 1.165) is 17.0 Å². The molecular formula is C20H22NO2S+. The van der Waals surface area contributed by atoms with E-state index in [1.807, 2.05) is 63.2 Å². The first-order valence-electron chi connectivity index (χ1n) is 7.79. The molecule has 0 radical (unpaired) electrons. The molecule has 124 valence electrons. The largest absolute Gasteiger partial charge is 0.247 e. The molecule has 0 heterocycles. The van der Waals surface area contributed by atoms with Crippen LogP contribution in [0.25, 0.3) is 0 Å². The lowest BCUT2D eigenvalue weighted by molar-refractivity contribution is 0.456. The van der Waals surface area contributed by atoms with Gasteiger partial charge in [-0.3, -0.25) is 0 Å². The van der Waals surface area contributed by atoms with Gasteiger partial charge in [0.15, 0.2) is 6.54 Å². The number of rotatable bonds is 5. The zero-order chi connectivity index (χ0) is 17.6. The Kier molecular flexibility index (Phi) is 6.08. The minimum Gasteiger partial charge on any atom is -0.207 e. The minimum atomic E-state index is -3.56. The third-order valence-electron chi connectivity index (χ3n) is 3.41. The van der Waals surface area contributed by atoms with E-state index in [-0.39, 0.29) is 6.54 Å². The lowest BCUT2D eigenvalue weighted by Gasteiger charge is -2.17. The second-order valence-corrected chi connectivity index (χ2v) is 7.90. The van der Waals surface area contributed by atoms with Crippen molar-refractivity contribution < 1.29 is 8.42 Å². The predicted octanol–water partition coefficient (Wildman–Crippen LogP) is 3.65. The molecule has 0 N–H and O–H groups in total. The van der Waals surface area contributed by atoms with Crippen molar-refractivity contribution in [3.63, 3.8) is 0 Å². The van der Waals surface area contributed by atoms with Crippen molar-refractivity contribution in [3.05, 3.63) is 71.6 Å². The van der Waals surface area contributed by atoms with Crippen LogP contribution in [0.1, 0.15) is 25.0 Å². The molecule has 0 spiro atoms. The highest BCUT2D eigenvalue weighted by atomic mass is 32.2. The maximum absolute atomic E-state index is 12.9. The molecule has 0 atom stereocenters. The van der Waals surface area contributed by atoms with E-state index in [1.165, 1.54) is 4.31 Å². The Morgan fingerprint density at radius 2 is 1.62 bits per heavy atom. The van der Waals surface area contributed by atoms with Crippen molar-refractivity contribution >= 4 is 10.0 Å². The maximum Gasteiger partial charge on any atom is 0.247 e. The highest BCUT2D eigenvalue weighted by molar-refractivity contribution is 7.89. The van der Waals surface area contributed by atoms with Gasteiger partial charge in [-0.2, -0.15) is 0 Å². The molecule has 0 saturated carbocycles. The highest BCUT2D eigenvalue weighted by Gasteiger charge is 2.27. The molecule has 2 aromatic rings. The van der Waals surface area contributed by atoms with E-state index in [1.54, 1.807) is 12.1 Å². The van der Waals surface area contributed by atoms with Crippen LogP contribution in [-0.4, -0.2) is 25.8 Å². The van der Waals surface area contributed by atoms with E-state index in [2.05, 4.69) is 11.8 Å². The quantitative estimate of drug-likeness (QED) is 0.615. The van der Waals surface area contributed by atoms with Gasteiger partial charge in [0.25, 0.3) is 0 Å². The van der Waals surface area contributed by atoms with Gasteiger partial charge in [-0.25, -0.2) is 8.42 Å². The van der Waals surface area contributed by atoms with Crippen molar-refractivity contribution in [3.8, 4) is 11.8 Å². The van der Waals surface area contributed by atoms with Gasteiger partial charge in [0, 0.05) is 5.56 Å². The number of benzene rings is 2. The molecule has 0 aliphatic carbocycles. The Balaban J connectivity index is 2.24. The van der Waals surface area contributed by atoms with Crippen molar-refractivity contribution in [2.24, 2.45) is 0 Å². The summed E-state index contributed by atoms with van der Waals surface area (Å²) in [5, 5.41) is 0. The van der Waals surface area contributed by atoms with Crippen LogP contribution < -0.4 is 0 Å². The summed E-state index contributed by atoms with van der Waals surface area (Å²) in [6.07, 6.45) is 0. The SMILES string of the molecule is Cc1ccc(S(=O)(=O)N(CC#Cc2ccccc2)C[C+](C)C)cc1. The molecule has 4 heteroatoms. The van der Waals surface area contributed by atoms with Crippen LogP contribution in [0.2, 0.25) is 0 Å². The molecule has 3 nitrogen and oxygen atoms in total. The third-order valence-corrected chi connectivity index (χ3v) is 5.22. The van der Waals surface area contributed by atoms with Gasteiger partial charge in [-0.15, -0.1) is 4.31 Å². The number of sulfonamides is 1. The summed E-state index contributed by atoms with van der Waals surface area (Å²) < 4.78 is 27.2. The van der Waals surface area contributed by atoms with E-state index >= 15 is 0 Å². The summed E-state index contributed by atoms with van der Waals surface area (Å²) in [7, 11) is -3.56. The van der Waals surface area contributed by atoms with Crippen LogP contribution in [0.5, 0.6) is 0 Å². The Morgan fingerprint density at radius 3 is 2.21 bits per heavy atom. The fraction of sp³-hybridized carbons (Fsp3) is 0.250. The standard InChI is InChI=1S/C20H22NO2S/c1-17(2)16-21(15-7-10-19-8-5-4-6-9-19)24(22,23)20-13-11-18(3)12-14-20/h4-6,8-9,11-14H,15-16H2,1-3H3/q+1. The van der Waals surface area contributed by atoms with Crippen molar-refractivity contribution in [1.82, 2.24) is 4.31 Å². The van der Waals surface area contributed by atoms with E-state index in [4.69, 9.17) is 0 Å². The Hall–Kier alpha value is -2.22. The van der Waals surface area contributed by atoms with Crippen LogP contribution in [0, 0.1) is 24.7 Å². The maximum atomic E-state index is 12.9. The minimum absolute atomic E-state index is 0.163. The number of nitrogens with zero attached hydrogens (tertiary/aromatic N) is 1. The monoisotopic (exact) mass is 340 g/mol. The average Bonchev–Trinajstić information content (AvgIpc) is 2.55. The molecule has 2 aromatic carbocycles. The molecule has 0 saturated heterocycles. The first-order valence-corrected chi connectivity index (χ1v) is 9.23. The van der Waals surface area contributed by atoms with Crippen LogP contribution in [-0.2, 0) is 10.0 Å². The highest BCUT2D eigenvalue weighted by Crippen LogP contribution is 2.18. The second kappa shape index (κ2) is 8.05. The normalized spacial score (nSPS) is 11.0. The molecular weight excluding hydrogens is 318 g/mol. The number of hydrogen-bond acceptors (Lipinski definition) is 2. The van der Waals surface area contributed by atoms with E-state index < -0.39 is 10.0 Å². The number of hydrogen-bond donors (Lipinski definition) is 0. The Labute approximate surface area is 145 Å². The van der Waals surface area contributed by atoms with Crippen LogP contribution in [0.4, 0.5) is 0 Å². The summed E-state index contributed by atoms with van der Waals surface area (Å²) in [5.41, 5.74) is 1.91. The fourth-order valence-corrected chi connectivity index (χ4v) is 3.63. The summed E-state index contributed by atoms with van der Waals surface area (Å²) in [4.78, 5) is 0.302. The first-order chi connectivity index (χ1) is 11.4. The smallest absolute Gasteiger partial charge is 0.207 e. The third kappa shape index (κ3) is 4.89. The Morgan fingerprint density at radius 1 is 1.00 bits per heavy atom. The molecule has 0 fully saturated rings. The molecule has 0 aliphatic heterocycles. The van der Waals surface area contributed by atoms with E-state index in [0.29, 0.717) is 11.4 Å². The van der Waals surface area contributed by atoms with Crippen molar-refractivity contribution in [2.45, 2.75) is 25.7 Å². The molecule has 24 heavy (non-hydrogen) atoms. The predicted molar refractivity (Wildman–Crippen MR) is 97.8 cm³/mol. The van der Waals surface area contributed by atoms with Gasteiger partial charge in [0.05, 0.1) is 25.3 Å². The van der Waals surface area contributed by atoms with Crippen LogP contribution >= 0.6 is 0 Å². The van der Waals surface area contributed by atoms with Gasteiger partial charge in [0.1, 0.15) is 5.92 Å². The molecule has 0 aromatic heterocycles. The van der Waals surface area contributed by atoms with Gasteiger partial charge in [-0.05, 0) is 31.2 Å². The van der Waals surface area contributed by atoms with Gasteiger partial charge >= 0.3 is 0 Å². The molecule has 2 rings (SSSR count). The summed E-state index contributed by atoms with van der Waals surface area (Å²) in [6.45, 7) is 6.30. The average molecular weight is 340 g/mol. The van der Waals surface area contributed by atoms with Crippen molar-refractivity contribution in [2.75, 3.05) is 13.1 Å². The van der Waals surface area contributed by atoms with Gasteiger partial charge in [0.2, 0.25) is 10.0 Å². The topological polar surface area (TPSA) is 37.4 Å². The number of aryl methyl sites for hydroxylation is 1. The second-order valence-electron chi connectivity index (χ2n) is 5.96. The van der Waals surface area contributed by atoms with Crippen LogP contribution in [0.15, 0.2) is 59.5 Å². The fourth-order valence-electron chi connectivity index (χ4n) is 2.19. The molecule has 0 amide bonds. The summed E-state index contributed by atoms with van der Waals surface area (Å²) in [6, 6.07) is 16.5. The lowest BCUT2D eigenvalue weighted by Crippen LogP contribution is -2.34. The summed E-state index contributed by atoms with van der Waals surface area (Å²) >= 11 is 0. The van der Waals surface area contributed by atoms with Gasteiger partial charge < -0.3 is 0 Å². The lowest BCUT2D eigenvalue weighted by atomic mass is 10.2. The van der Waals surface area contributed by atoms with E-state index in [9.17, 15) is 8.42 Å². The zero-order valence-electron chi connectivity index (χ0n) is 14.3. The first kappa shape index (κ1) is 18.1. The van der Waals surface area contributed by atoms with Gasteiger partial charge in [-0.1, -0.05) is 47.7 Å². The summed E-state index contributed by atoms with van der Waals surface area (Å²) in [5.74, 6) is 7.01. The van der Waals surface area contributed by atoms with Crippen LogP contribution in [0.3, 0.4) is 0 Å². The molecule has 0 unspecified atom stereocenters. The Bertz CT molecular complexity index is 813. The molecule has 0 aliphatic rings. The molecule has 0 bridgehead atoms. The zero-order valence-corrected chi connectivity index (χ0v) is 15.1. The van der Waals surface area contributed by atoms with Crippen molar-refractivity contribution in [1.29, 1.82) is 0 Å².